The SMILES string of the molecule is COCCOC(=O)/C(C#N)=C\c1cccc([N+](=O)[O-])c1. The highest BCUT2D eigenvalue weighted by atomic mass is 16.6. The molecule has 104 valence electrons. The lowest BCUT2D eigenvalue weighted by atomic mass is 10.1. The molecule has 1 aromatic rings. The van der Waals surface area contributed by atoms with Gasteiger partial charge in [-0.05, 0) is 11.6 Å². The molecule has 7 heteroatoms. The molecule has 1 rings (SSSR count). The van der Waals surface area contributed by atoms with Gasteiger partial charge in [0.1, 0.15) is 18.2 Å². The number of carbonyl (C=O) groups excluding carboxylic acids is 1. The first-order chi connectivity index (χ1) is 9.58. The molecule has 1 aromatic carbocycles. The largest absolute Gasteiger partial charge is 0.459 e. The van der Waals surface area contributed by atoms with Crippen LogP contribution in [0.2, 0.25) is 0 Å². The second-order valence-electron chi connectivity index (χ2n) is 3.65. The predicted molar refractivity (Wildman–Crippen MR) is 69.5 cm³/mol. The number of nitrogens with zero attached hydrogens (tertiary/aromatic N) is 2. The fourth-order valence-corrected chi connectivity index (χ4v) is 1.33. The third kappa shape index (κ3) is 4.51. The standard InChI is InChI=1S/C13H12N2O5/c1-19-5-6-20-13(16)11(9-14)7-10-3-2-4-12(8-10)15(17)18/h2-4,7-8H,5-6H2,1H3/b11-7-. The van der Waals surface area contributed by atoms with Crippen molar-refractivity contribution in [2.24, 2.45) is 0 Å². The van der Waals surface area contributed by atoms with Gasteiger partial charge in [-0.15, -0.1) is 0 Å². The van der Waals surface area contributed by atoms with Crippen molar-refractivity contribution in [3.63, 3.8) is 0 Å². The van der Waals surface area contributed by atoms with Gasteiger partial charge in [0.15, 0.2) is 0 Å². The van der Waals surface area contributed by atoms with Crippen LogP contribution in [-0.2, 0) is 14.3 Å². The summed E-state index contributed by atoms with van der Waals surface area (Å²) in [6.07, 6.45) is 1.24. The maximum Gasteiger partial charge on any atom is 0.348 e. The Morgan fingerprint density at radius 2 is 2.25 bits per heavy atom. The van der Waals surface area contributed by atoms with Crippen molar-refractivity contribution in [1.29, 1.82) is 5.26 Å². The van der Waals surface area contributed by atoms with Crippen LogP contribution >= 0.6 is 0 Å². The Bertz CT molecular complexity index is 574. The van der Waals surface area contributed by atoms with E-state index in [0.717, 1.165) is 0 Å². The molecule has 0 bridgehead atoms. The Morgan fingerprint density at radius 3 is 2.85 bits per heavy atom. The molecular weight excluding hydrogens is 264 g/mol. The zero-order valence-electron chi connectivity index (χ0n) is 10.7. The van der Waals surface area contributed by atoms with Crippen molar-refractivity contribution in [3.8, 4) is 6.07 Å². The number of non-ortho nitro benzene ring substituents is 1. The minimum absolute atomic E-state index is 0.0310. The van der Waals surface area contributed by atoms with Gasteiger partial charge in [-0.2, -0.15) is 5.26 Å². The van der Waals surface area contributed by atoms with E-state index in [2.05, 4.69) is 0 Å². The van der Waals surface area contributed by atoms with E-state index < -0.39 is 10.9 Å². The minimum atomic E-state index is -0.795. The molecule has 0 unspecified atom stereocenters. The number of rotatable bonds is 6. The Kier molecular flexibility index (Phi) is 5.87. The third-order valence-electron chi connectivity index (χ3n) is 2.25. The van der Waals surface area contributed by atoms with Crippen molar-refractivity contribution >= 4 is 17.7 Å². The summed E-state index contributed by atoms with van der Waals surface area (Å²) in [7, 11) is 1.46. The molecule has 0 aliphatic rings. The van der Waals surface area contributed by atoms with Gasteiger partial charge in [0.25, 0.3) is 5.69 Å². The summed E-state index contributed by atoms with van der Waals surface area (Å²) in [5.41, 5.74) is 0.0184. The number of nitriles is 1. The Hall–Kier alpha value is -2.72. The van der Waals surface area contributed by atoms with Crippen LogP contribution in [0.15, 0.2) is 29.8 Å². The van der Waals surface area contributed by atoms with Gasteiger partial charge < -0.3 is 9.47 Å². The average Bonchev–Trinajstić information content (AvgIpc) is 2.45. The highest BCUT2D eigenvalue weighted by Gasteiger charge is 2.11. The van der Waals surface area contributed by atoms with E-state index in [1.807, 2.05) is 0 Å². The number of nitro groups is 1. The monoisotopic (exact) mass is 276 g/mol. The second kappa shape index (κ2) is 7.66. The molecule has 0 N–H and O–H groups in total. The molecule has 0 saturated carbocycles. The summed E-state index contributed by atoms with van der Waals surface area (Å²) < 4.78 is 9.51. The first-order valence-electron chi connectivity index (χ1n) is 5.60. The molecule has 0 aliphatic carbocycles. The topological polar surface area (TPSA) is 102 Å². The van der Waals surface area contributed by atoms with Crippen LogP contribution in [0.4, 0.5) is 5.69 Å². The number of carbonyl (C=O) groups is 1. The molecular formula is C13H12N2O5. The minimum Gasteiger partial charge on any atom is -0.459 e. The molecule has 0 atom stereocenters. The number of nitro benzene ring substituents is 1. The molecule has 0 spiro atoms. The lowest BCUT2D eigenvalue weighted by molar-refractivity contribution is -0.384. The van der Waals surface area contributed by atoms with Crippen LogP contribution in [-0.4, -0.2) is 31.2 Å². The van der Waals surface area contributed by atoms with Crippen LogP contribution in [0, 0.1) is 21.4 Å². The molecule has 0 amide bonds. The van der Waals surface area contributed by atoms with E-state index in [-0.39, 0.29) is 24.5 Å². The predicted octanol–water partition coefficient (Wildman–Crippen LogP) is 1.69. The molecule has 0 aromatic heterocycles. The molecule has 0 heterocycles. The van der Waals surface area contributed by atoms with Gasteiger partial charge in [-0.3, -0.25) is 10.1 Å². The molecule has 0 radical (unpaired) electrons. The van der Waals surface area contributed by atoms with Crippen LogP contribution in [0.1, 0.15) is 5.56 Å². The molecule has 0 aliphatic heterocycles. The van der Waals surface area contributed by atoms with Gasteiger partial charge in [-0.1, -0.05) is 12.1 Å². The summed E-state index contributed by atoms with van der Waals surface area (Å²) in [5.74, 6) is -0.795. The summed E-state index contributed by atoms with van der Waals surface area (Å²) in [5, 5.41) is 19.5. The number of esters is 1. The summed E-state index contributed by atoms with van der Waals surface area (Å²) in [6.45, 7) is 0.255. The van der Waals surface area contributed by atoms with E-state index in [1.165, 1.54) is 31.4 Å². The number of ether oxygens (including phenoxy) is 2. The highest BCUT2D eigenvalue weighted by molar-refractivity contribution is 5.97. The highest BCUT2D eigenvalue weighted by Crippen LogP contribution is 2.16. The van der Waals surface area contributed by atoms with Gasteiger partial charge in [-0.25, -0.2) is 4.79 Å². The Labute approximate surface area is 115 Å². The third-order valence-corrected chi connectivity index (χ3v) is 2.25. The number of hydrogen-bond acceptors (Lipinski definition) is 6. The summed E-state index contributed by atoms with van der Waals surface area (Å²) in [6, 6.07) is 7.30. The van der Waals surface area contributed by atoms with E-state index >= 15 is 0 Å². The number of benzene rings is 1. The van der Waals surface area contributed by atoms with Crippen molar-refractivity contribution in [2.45, 2.75) is 0 Å². The Balaban J connectivity index is 2.89. The average molecular weight is 276 g/mol. The lowest BCUT2D eigenvalue weighted by Crippen LogP contribution is -2.11. The van der Waals surface area contributed by atoms with E-state index in [1.54, 1.807) is 12.1 Å². The van der Waals surface area contributed by atoms with Crippen molar-refractivity contribution in [3.05, 3.63) is 45.5 Å². The van der Waals surface area contributed by atoms with Crippen LogP contribution < -0.4 is 0 Å². The van der Waals surface area contributed by atoms with Crippen LogP contribution in [0.25, 0.3) is 6.08 Å². The number of methoxy groups -OCH3 is 1. The van der Waals surface area contributed by atoms with Crippen LogP contribution in [0.3, 0.4) is 0 Å². The summed E-state index contributed by atoms with van der Waals surface area (Å²) >= 11 is 0. The van der Waals surface area contributed by atoms with E-state index in [4.69, 9.17) is 14.7 Å². The van der Waals surface area contributed by atoms with E-state index in [0.29, 0.717) is 5.56 Å². The smallest absolute Gasteiger partial charge is 0.348 e. The molecule has 7 nitrogen and oxygen atoms in total. The van der Waals surface area contributed by atoms with Gasteiger partial charge >= 0.3 is 5.97 Å². The van der Waals surface area contributed by atoms with Gasteiger partial charge in [0.05, 0.1) is 11.5 Å². The zero-order chi connectivity index (χ0) is 15.0. The molecule has 0 fully saturated rings. The number of hydrogen-bond donors (Lipinski definition) is 0. The van der Waals surface area contributed by atoms with Gasteiger partial charge in [0.2, 0.25) is 0 Å². The molecule has 20 heavy (non-hydrogen) atoms. The first kappa shape index (κ1) is 15.3. The normalized spacial score (nSPS) is 10.7. The maximum atomic E-state index is 11.6. The second-order valence-corrected chi connectivity index (χ2v) is 3.65. The lowest BCUT2D eigenvalue weighted by Gasteiger charge is -2.02. The van der Waals surface area contributed by atoms with Gasteiger partial charge in [0, 0.05) is 19.2 Å². The fourth-order valence-electron chi connectivity index (χ4n) is 1.33. The first-order valence-corrected chi connectivity index (χ1v) is 5.60. The Morgan fingerprint density at radius 1 is 1.50 bits per heavy atom. The quantitative estimate of drug-likeness (QED) is 0.196. The van der Waals surface area contributed by atoms with Crippen LogP contribution in [0.5, 0.6) is 0 Å². The fraction of sp³-hybridized carbons (Fsp3) is 0.231. The zero-order valence-corrected chi connectivity index (χ0v) is 10.7. The molecule has 0 saturated heterocycles. The maximum absolute atomic E-state index is 11.6. The van der Waals surface area contributed by atoms with Crippen molar-refractivity contribution in [2.75, 3.05) is 20.3 Å². The van der Waals surface area contributed by atoms with Crippen molar-refractivity contribution < 1.29 is 19.2 Å². The van der Waals surface area contributed by atoms with Crippen molar-refractivity contribution in [1.82, 2.24) is 0 Å². The van der Waals surface area contributed by atoms with E-state index in [9.17, 15) is 14.9 Å². The summed E-state index contributed by atoms with van der Waals surface area (Å²) in [4.78, 5) is 21.6.